The second-order valence-corrected chi connectivity index (χ2v) is 3.60. The highest BCUT2D eigenvalue weighted by molar-refractivity contribution is 4.90. The van der Waals surface area contributed by atoms with E-state index in [2.05, 4.69) is 22.0 Å². The number of rotatable bonds is 2. The second kappa shape index (κ2) is 3.96. The Morgan fingerprint density at radius 3 is 3.14 bits per heavy atom. The van der Waals surface area contributed by atoms with Crippen molar-refractivity contribution in [1.82, 2.24) is 15.0 Å². The van der Waals surface area contributed by atoms with Gasteiger partial charge in [-0.2, -0.15) is 10.1 Å². The largest absolute Gasteiger partial charge is 0.377 e. The third-order valence-electron chi connectivity index (χ3n) is 2.76. The lowest BCUT2D eigenvalue weighted by Crippen LogP contribution is -2.33. The summed E-state index contributed by atoms with van der Waals surface area (Å²) in [6.45, 7) is 4.15. The zero-order chi connectivity index (χ0) is 9.97. The molecule has 1 unspecified atom stereocenters. The van der Waals surface area contributed by atoms with Crippen LogP contribution in [0.15, 0.2) is 9.32 Å². The lowest BCUT2D eigenvalue weighted by molar-refractivity contribution is 0.125. The minimum absolute atomic E-state index is 0.188. The van der Waals surface area contributed by atoms with Crippen molar-refractivity contribution < 1.29 is 4.52 Å². The molecule has 5 heteroatoms. The van der Waals surface area contributed by atoms with E-state index in [9.17, 15) is 4.79 Å². The molecule has 2 rings (SSSR count). The van der Waals surface area contributed by atoms with Gasteiger partial charge in [-0.25, -0.2) is 4.79 Å². The SMILES string of the molecule is CCN1CCCCC1c1nc(=O)[nH]o1. The monoisotopic (exact) mass is 197 g/mol. The average Bonchev–Trinajstić information content (AvgIpc) is 2.65. The standard InChI is InChI=1S/C9H15N3O2/c1-2-12-6-4-3-5-7(12)8-10-9(13)11-14-8/h7H,2-6H2,1H3,(H,11,13). The first-order chi connectivity index (χ1) is 6.81. The maximum atomic E-state index is 10.8. The van der Waals surface area contributed by atoms with Crippen molar-refractivity contribution in [1.29, 1.82) is 0 Å². The van der Waals surface area contributed by atoms with Gasteiger partial charge < -0.3 is 4.52 Å². The zero-order valence-electron chi connectivity index (χ0n) is 8.32. The number of aromatic nitrogens is 2. The molecule has 5 nitrogen and oxygen atoms in total. The molecule has 0 radical (unpaired) electrons. The van der Waals surface area contributed by atoms with Crippen LogP contribution in [0.1, 0.15) is 38.1 Å². The smallest absolute Gasteiger partial charge is 0.360 e. The van der Waals surface area contributed by atoms with Gasteiger partial charge in [0.2, 0.25) is 5.89 Å². The van der Waals surface area contributed by atoms with Crippen molar-refractivity contribution >= 4 is 0 Å². The minimum Gasteiger partial charge on any atom is -0.360 e. The molecule has 1 aromatic rings. The van der Waals surface area contributed by atoms with Crippen molar-refractivity contribution in [3.8, 4) is 0 Å². The summed E-state index contributed by atoms with van der Waals surface area (Å²) in [5.41, 5.74) is -0.387. The van der Waals surface area contributed by atoms with Gasteiger partial charge in [0.25, 0.3) is 0 Å². The first-order valence-electron chi connectivity index (χ1n) is 5.10. The molecule has 0 saturated carbocycles. The predicted octanol–water partition coefficient (Wildman–Crippen LogP) is 0.910. The van der Waals surface area contributed by atoms with E-state index in [4.69, 9.17) is 4.52 Å². The summed E-state index contributed by atoms with van der Waals surface area (Å²) < 4.78 is 5.05. The average molecular weight is 197 g/mol. The van der Waals surface area contributed by atoms with Gasteiger partial charge in [-0.1, -0.05) is 13.3 Å². The highest BCUT2D eigenvalue weighted by Crippen LogP contribution is 2.28. The van der Waals surface area contributed by atoms with Crippen LogP contribution in [0.3, 0.4) is 0 Å². The molecular formula is C9H15N3O2. The van der Waals surface area contributed by atoms with Crippen molar-refractivity contribution in [3.05, 3.63) is 16.4 Å². The molecule has 0 aliphatic carbocycles. The molecule has 1 aliphatic rings. The molecule has 78 valence electrons. The van der Waals surface area contributed by atoms with Crippen LogP contribution in [-0.4, -0.2) is 28.1 Å². The minimum atomic E-state index is -0.387. The van der Waals surface area contributed by atoms with Crippen LogP contribution in [0.4, 0.5) is 0 Å². The van der Waals surface area contributed by atoms with E-state index in [1.165, 1.54) is 12.8 Å². The molecule has 0 bridgehead atoms. The van der Waals surface area contributed by atoms with Crippen LogP contribution in [0.25, 0.3) is 0 Å². The summed E-state index contributed by atoms with van der Waals surface area (Å²) in [4.78, 5) is 17.0. The van der Waals surface area contributed by atoms with Crippen molar-refractivity contribution in [2.45, 2.75) is 32.2 Å². The van der Waals surface area contributed by atoms with Crippen LogP contribution >= 0.6 is 0 Å². The molecule has 1 aromatic heterocycles. The summed E-state index contributed by atoms with van der Waals surface area (Å²) in [7, 11) is 0. The number of H-pyrrole nitrogens is 1. The van der Waals surface area contributed by atoms with Gasteiger partial charge in [-0.05, 0) is 25.9 Å². The van der Waals surface area contributed by atoms with E-state index in [0.29, 0.717) is 5.89 Å². The van der Waals surface area contributed by atoms with Crippen LogP contribution < -0.4 is 5.69 Å². The number of hydrogen-bond acceptors (Lipinski definition) is 4. The van der Waals surface area contributed by atoms with Gasteiger partial charge in [-0.15, -0.1) is 0 Å². The number of nitrogens with zero attached hydrogens (tertiary/aromatic N) is 2. The van der Waals surface area contributed by atoms with Crippen molar-refractivity contribution in [2.75, 3.05) is 13.1 Å². The van der Waals surface area contributed by atoms with E-state index >= 15 is 0 Å². The Bertz CT molecular complexity index is 344. The molecular weight excluding hydrogens is 182 g/mol. The van der Waals surface area contributed by atoms with E-state index < -0.39 is 0 Å². The number of piperidine rings is 1. The molecule has 1 N–H and O–H groups in total. The molecule has 1 atom stereocenters. The summed E-state index contributed by atoms with van der Waals surface area (Å²) >= 11 is 0. The lowest BCUT2D eigenvalue weighted by Gasteiger charge is -2.32. The first-order valence-corrected chi connectivity index (χ1v) is 5.10. The van der Waals surface area contributed by atoms with Crippen molar-refractivity contribution in [2.24, 2.45) is 0 Å². The summed E-state index contributed by atoms with van der Waals surface area (Å²) in [6, 6.07) is 0.188. The molecule has 0 spiro atoms. The summed E-state index contributed by atoms with van der Waals surface area (Å²) in [6.07, 6.45) is 3.43. The van der Waals surface area contributed by atoms with Crippen LogP contribution in [0.2, 0.25) is 0 Å². The molecule has 14 heavy (non-hydrogen) atoms. The molecule has 1 aliphatic heterocycles. The number of hydrogen-bond donors (Lipinski definition) is 1. The van der Waals surface area contributed by atoms with Gasteiger partial charge in [0.1, 0.15) is 0 Å². The fraction of sp³-hybridized carbons (Fsp3) is 0.778. The topological polar surface area (TPSA) is 62.1 Å². The Labute approximate surface area is 82.1 Å². The Morgan fingerprint density at radius 1 is 1.64 bits per heavy atom. The van der Waals surface area contributed by atoms with Crippen molar-refractivity contribution in [3.63, 3.8) is 0 Å². The lowest BCUT2D eigenvalue weighted by atomic mass is 10.0. The van der Waals surface area contributed by atoms with E-state index in [1.807, 2.05) is 0 Å². The van der Waals surface area contributed by atoms with Gasteiger partial charge >= 0.3 is 5.69 Å². The van der Waals surface area contributed by atoms with Crippen LogP contribution in [-0.2, 0) is 0 Å². The van der Waals surface area contributed by atoms with Crippen LogP contribution in [0, 0.1) is 0 Å². The Balaban J connectivity index is 2.18. The zero-order valence-corrected chi connectivity index (χ0v) is 8.32. The second-order valence-electron chi connectivity index (χ2n) is 3.60. The van der Waals surface area contributed by atoms with E-state index in [1.54, 1.807) is 0 Å². The normalized spacial score (nSPS) is 23.9. The summed E-state index contributed by atoms with van der Waals surface area (Å²) in [5, 5.41) is 2.24. The number of likely N-dealkylation sites (tertiary alicyclic amines) is 1. The fourth-order valence-corrected chi connectivity index (χ4v) is 2.03. The quantitative estimate of drug-likeness (QED) is 0.765. The molecule has 1 fully saturated rings. The predicted molar refractivity (Wildman–Crippen MR) is 51.0 cm³/mol. The van der Waals surface area contributed by atoms with Gasteiger partial charge in [0.15, 0.2) is 0 Å². The molecule has 2 heterocycles. The Morgan fingerprint density at radius 2 is 2.50 bits per heavy atom. The summed E-state index contributed by atoms with van der Waals surface area (Å²) in [5.74, 6) is 0.538. The van der Waals surface area contributed by atoms with Gasteiger partial charge in [0, 0.05) is 0 Å². The third-order valence-corrected chi connectivity index (χ3v) is 2.76. The Kier molecular flexibility index (Phi) is 2.67. The first kappa shape index (κ1) is 9.45. The maximum absolute atomic E-state index is 10.8. The van der Waals surface area contributed by atoms with Crippen LogP contribution in [0.5, 0.6) is 0 Å². The fourth-order valence-electron chi connectivity index (χ4n) is 2.03. The van der Waals surface area contributed by atoms with E-state index in [0.717, 1.165) is 19.5 Å². The van der Waals surface area contributed by atoms with Gasteiger partial charge in [-0.3, -0.25) is 4.90 Å². The highest BCUT2D eigenvalue weighted by Gasteiger charge is 2.26. The number of aromatic amines is 1. The maximum Gasteiger partial charge on any atom is 0.377 e. The number of nitrogens with one attached hydrogen (secondary N) is 1. The van der Waals surface area contributed by atoms with E-state index in [-0.39, 0.29) is 11.7 Å². The molecule has 0 aromatic carbocycles. The Hall–Kier alpha value is -1.10. The highest BCUT2D eigenvalue weighted by atomic mass is 16.5. The molecule has 1 saturated heterocycles. The third kappa shape index (κ3) is 1.72. The van der Waals surface area contributed by atoms with Gasteiger partial charge in [0.05, 0.1) is 6.04 Å². The molecule has 0 amide bonds.